The highest BCUT2D eigenvalue weighted by Crippen LogP contribution is 2.36. The number of fused-ring (bicyclic) bond motifs is 1. The molecule has 1 heterocycles. The Morgan fingerprint density at radius 3 is 2.75 bits per heavy atom. The lowest BCUT2D eigenvalue weighted by molar-refractivity contribution is 0.282. The molecule has 0 aliphatic rings. The van der Waals surface area contributed by atoms with Crippen molar-refractivity contribution >= 4 is 21.4 Å². The summed E-state index contributed by atoms with van der Waals surface area (Å²) >= 11 is 1.51. The SMILES string of the molecule is CC(C)c1c(C#N)sc2cc(CO)ccc12. The van der Waals surface area contributed by atoms with E-state index in [4.69, 9.17) is 10.4 Å². The molecule has 0 amide bonds. The van der Waals surface area contributed by atoms with Gasteiger partial charge >= 0.3 is 0 Å². The average Bonchev–Trinajstić information content (AvgIpc) is 2.65. The summed E-state index contributed by atoms with van der Waals surface area (Å²) in [5.41, 5.74) is 2.03. The van der Waals surface area contributed by atoms with E-state index in [-0.39, 0.29) is 6.61 Å². The van der Waals surface area contributed by atoms with E-state index >= 15 is 0 Å². The molecular weight excluding hydrogens is 218 g/mol. The monoisotopic (exact) mass is 231 g/mol. The molecule has 2 nitrogen and oxygen atoms in total. The van der Waals surface area contributed by atoms with Crippen LogP contribution in [0, 0.1) is 11.3 Å². The molecule has 0 saturated carbocycles. The van der Waals surface area contributed by atoms with E-state index in [1.165, 1.54) is 11.3 Å². The van der Waals surface area contributed by atoms with Crippen molar-refractivity contribution in [3.8, 4) is 6.07 Å². The van der Waals surface area contributed by atoms with Crippen molar-refractivity contribution in [1.82, 2.24) is 0 Å². The van der Waals surface area contributed by atoms with Crippen LogP contribution in [0.2, 0.25) is 0 Å². The first-order chi connectivity index (χ1) is 7.67. The number of hydrogen-bond acceptors (Lipinski definition) is 3. The molecule has 0 fully saturated rings. The zero-order valence-electron chi connectivity index (χ0n) is 9.32. The number of benzene rings is 1. The lowest BCUT2D eigenvalue weighted by Gasteiger charge is -2.04. The van der Waals surface area contributed by atoms with E-state index in [9.17, 15) is 0 Å². The van der Waals surface area contributed by atoms with Gasteiger partial charge in [-0.3, -0.25) is 0 Å². The van der Waals surface area contributed by atoms with Crippen LogP contribution >= 0.6 is 11.3 Å². The summed E-state index contributed by atoms with van der Waals surface area (Å²) in [4.78, 5) is 0.792. The summed E-state index contributed by atoms with van der Waals surface area (Å²) in [6, 6.07) is 8.15. The Hall–Kier alpha value is -1.37. The summed E-state index contributed by atoms with van der Waals surface area (Å²) in [7, 11) is 0. The van der Waals surface area contributed by atoms with Gasteiger partial charge in [0.05, 0.1) is 6.61 Å². The second kappa shape index (κ2) is 4.25. The van der Waals surface area contributed by atoms with Gasteiger partial charge in [0.25, 0.3) is 0 Å². The van der Waals surface area contributed by atoms with Crippen LogP contribution < -0.4 is 0 Å². The number of rotatable bonds is 2. The standard InChI is InChI=1S/C13H13NOS/c1-8(2)13-10-4-3-9(7-15)5-11(10)16-12(13)6-14/h3-5,8,15H,7H2,1-2H3. The van der Waals surface area contributed by atoms with Crippen LogP contribution in [0.4, 0.5) is 0 Å². The quantitative estimate of drug-likeness (QED) is 0.861. The smallest absolute Gasteiger partial charge is 0.110 e. The number of aliphatic hydroxyl groups is 1. The van der Waals surface area contributed by atoms with Crippen molar-refractivity contribution in [2.45, 2.75) is 26.4 Å². The Kier molecular flexibility index (Phi) is 2.95. The highest BCUT2D eigenvalue weighted by atomic mass is 32.1. The van der Waals surface area contributed by atoms with E-state index in [0.717, 1.165) is 26.1 Å². The summed E-state index contributed by atoms with van der Waals surface area (Å²) in [6.45, 7) is 4.25. The van der Waals surface area contributed by atoms with Crippen LogP contribution in [0.25, 0.3) is 10.1 Å². The van der Waals surface area contributed by atoms with Gasteiger partial charge in [0.2, 0.25) is 0 Å². The zero-order chi connectivity index (χ0) is 11.7. The normalized spacial score (nSPS) is 10.9. The average molecular weight is 231 g/mol. The molecule has 0 saturated heterocycles. The fraction of sp³-hybridized carbons (Fsp3) is 0.308. The van der Waals surface area contributed by atoms with Gasteiger partial charge in [-0.1, -0.05) is 26.0 Å². The van der Waals surface area contributed by atoms with Gasteiger partial charge < -0.3 is 5.11 Å². The maximum Gasteiger partial charge on any atom is 0.110 e. The molecule has 2 rings (SSSR count). The first-order valence-electron chi connectivity index (χ1n) is 5.23. The van der Waals surface area contributed by atoms with E-state index in [1.54, 1.807) is 0 Å². The van der Waals surface area contributed by atoms with Gasteiger partial charge in [0.1, 0.15) is 10.9 Å². The maximum absolute atomic E-state index is 9.11. The fourth-order valence-corrected chi connectivity index (χ4v) is 3.13. The van der Waals surface area contributed by atoms with Crippen LogP contribution in [0.3, 0.4) is 0 Å². The molecular formula is C13H13NOS. The Balaban J connectivity index is 2.74. The highest BCUT2D eigenvalue weighted by Gasteiger charge is 2.14. The lowest BCUT2D eigenvalue weighted by atomic mass is 9.99. The minimum Gasteiger partial charge on any atom is -0.392 e. The van der Waals surface area contributed by atoms with Gasteiger partial charge in [-0.2, -0.15) is 5.26 Å². The second-order valence-corrected chi connectivity index (χ2v) is 5.15. The molecule has 0 radical (unpaired) electrons. The highest BCUT2D eigenvalue weighted by molar-refractivity contribution is 7.19. The third-order valence-electron chi connectivity index (χ3n) is 2.65. The Labute approximate surface area is 98.8 Å². The summed E-state index contributed by atoms with van der Waals surface area (Å²) < 4.78 is 1.09. The van der Waals surface area contributed by atoms with Gasteiger partial charge in [-0.05, 0) is 28.5 Å². The lowest BCUT2D eigenvalue weighted by Crippen LogP contribution is -1.88. The van der Waals surface area contributed by atoms with Crippen molar-refractivity contribution in [1.29, 1.82) is 5.26 Å². The Bertz CT molecular complexity index is 563. The van der Waals surface area contributed by atoms with Crippen LogP contribution in [0.15, 0.2) is 18.2 Å². The third kappa shape index (κ3) is 1.71. The van der Waals surface area contributed by atoms with Crippen molar-refractivity contribution < 1.29 is 5.11 Å². The van der Waals surface area contributed by atoms with Crippen molar-refractivity contribution in [2.24, 2.45) is 0 Å². The summed E-state index contributed by atoms with van der Waals surface area (Å²) in [6.07, 6.45) is 0. The van der Waals surface area contributed by atoms with Crippen molar-refractivity contribution in [3.05, 3.63) is 34.2 Å². The van der Waals surface area contributed by atoms with E-state index in [0.29, 0.717) is 5.92 Å². The zero-order valence-corrected chi connectivity index (χ0v) is 10.1. The van der Waals surface area contributed by atoms with Gasteiger partial charge in [0, 0.05) is 4.70 Å². The molecule has 2 aromatic rings. The molecule has 1 N–H and O–H groups in total. The minimum absolute atomic E-state index is 0.0484. The number of aliphatic hydroxyl groups excluding tert-OH is 1. The second-order valence-electron chi connectivity index (χ2n) is 4.10. The molecule has 0 bridgehead atoms. The number of nitriles is 1. The largest absolute Gasteiger partial charge is 0.392 e. The molecule has 0 unspecified atom stereocenters. The molecule has 0 spiro atoms. The molecule has 1 aromatic carbocycles. The van der Waals surface area contributed by atoms with Gasteiger partial charge in [0.15, 0.2) is 0 Å². The van der Waals surface area contributed by atoms with E-state index in [2.05, 4.69) is 19.9 Å². The molecule has 16 heavy (non-hydrogen) atoms. The minimum atomic E-state index is 0.0484. The first kappa shape index (κ1) is 11.1. The number of hydrogen-bond donors (Lipinski definition) is 1. The van der Waals surface area contributed by atoms with Crippen LogP contribution in [0.1, 0.15) is 35.8 Å². The topological polar surface area (TPSA) is 44.0 Å². The predicted octanol–water partition coefficient (Wildman–Crippen LogP) is 3.39. The third-order valence-corrected chi connectivity index (χ3v) is 3.73. The van der Waals surface area contributed by atoms with Crippen LogP contribution in [-0.2, 0) is 6.61 Å². The van der Waals surface area contributed by atoms with Crippen molar-refractivity contribution in [3.63, 3.8) is 0 Å². The molecule has 0 aliphatic heterocycles. The summed E-state index contributed by atoms with van der Waals surface area (Å²) in [5.74, 6) is 0.350. The van der Waals surface area contributed by atoms with Gasteiger partial charge in [-0.25, -0.2) is 0 Å². The Morgan fingerprint density at radius 1 is 1.44 bits per heavy atom. The van der Waals surface area contributed by atoms with Crippen LogP contribution in [0.5, 0.6) is 0 Å². The maximum atomic E-state index is 9.11. The summed E-state index contributed by atoms with van der Waals surface area (Å²) in [5, 5.41) is 19.3. The van der Waals surface area contributed by atoms with E-state index in [1.807, 2.05) is 18.2 Å². The molecule has 0 atom stereocenters. The molecule has 0 aliphatic carbocycles. The van der Waals surface area contributed by atoms with E-state index < -0.39 is 0 Å². The predicted molar refractivity (Wildman–Crippen MR) is 66.6 cm³/mol. The molecule has 82 valence electrons. The fourth-order valence-electron chi connectivity index (χ4n) is 1.92. The first-order valence-corrected chi connectivity index (χ1v) is 6.05. The molecule has 3 heteroatoms. The Morgan fingerprint density at radius 2 is 2.19 bits per heavy atom. The number of thiophene rings is 1. The van der Waals surface area contributed by atoms with Crippen LogP contribution in [-0.4, -0.2) is 5.11 Å². The molecule has 1 aromatic heterocycles. The number of nitrogens with zero attached hydrogens (tertiary/aromatic N) is 1. The van der Waals surface area contributed by atoms with Crippen molar-refractivity contribution in [2.75, 3.05) is 0 Å². The van der Waals surface area contributed by atoms with Gasteiger partial charge in [-0.15, -0.1) is 11.3 Å².